The fourth-order valence-electron chi connectivity index (χ4n) is 4.22. The van der Waals surface area contributed by atoms with Gasteiger partial charge in [0.25, 0.3) is 10.0 Å². The molecule has 2 fully saturated rings. The van der Waals surface area contributed by atoms with Crippen LogP contribution in [0.4, 0.5) is 0 Å². The number of hydrogen-bond donors (Lipinski definition) is 1. The molecule has 166 valence electrons. The molecule has 0 aromatic carbocycles. The van der Waals surface area contributed by atoms with Crippen LogP contribution in [-0.2, 0) is 16.4 Å². The van der Waals surface area contributed by atoms with E-state index in [1.54, 1.807) is 6.07 Å². The number of guanidine groups is 1. The van der Waals surface area contributed by atoms with E-state index in [-0.39, 0.29) is 24.0 Å². The molecule has 0 unspecified atom stereocenters. The summed E-state index contributed by atoms with van der Waals surface area (Å²) in [5.41, 5.74) is 0.553. The van der Waals surface area contributed by atoms with Crippen LogP contribution < -0.4 is 5.32 Å². The van der Waals surface area contributed by atoms with Gasteiger partial charge < -0.3 is 10.2 Å². The van der Waals surface area contributed by atoms with Crippen LogP contribution in [-0.4, -0.2) is 62.9 Å². The van der Waals surface area contributed by atoms with Gasteiger partial charge in [-0.1, -0.05) is 20.3 Å². The number of aliphatic imine (C=N–C) groups is 1. The van der Waals surface area contributed by atoms with Crippen LogP contribution in [0, 0.1) is 5.41 Å². The van der Waals surface area contributed by atoms with Crippen molar-refractivity contribution in [1.29, 1.82) is 0 Å². The molecule has 1 aliphatic heterocycles. The molecule has 2 aliphatic rings. The highest BCUT2D eigenvalue weighted by atomic mass is 127. The lowest BCUT2D eigenvalue weighted by Crippen LogP contribution is -2.42. The van der Waals surface area contributed by atoms with Gasteiger partial charge in [-0.3, -0.25) is 4.99 Å². The summed E-state index contributed by atoms with van der Waals surface area (Å²) in [4.78, 5) is 8.31. The summed E-state index contributed by atoms with van der Waals surface area (Å²) in [7, 11) is -3.36. The van der Waals surface area contributed by atoms with Crippen molar-refractivity contribution in [3.63, 3.8) is 0 Å². The second kappa shape index (κ2) is 10.8. The Labute approximate surface area is 197 Å². The topological polar surface area (TPSA) is 65.0 Å². The van der Waals surface area contributed by atoms with Crippen LogP contribution >= 0.6 is 35.3 Å². The van der Waals surface area contributed by atoms with Gasteiger partial charge in [0, 0.05) is 50.6 Å². The van der Waals surface area contributed by atoms with Gasteiger partial charge in [0.05, 0.1) is 0 Å². The minimum atomic E-state index is -3.36. The lowest BCUT2D eigenvalue weighted by atomic mass is 9.68. The molecular formula is C20H35IN4O2S2. The second-order valence-corrected chi connectivity index (χ2v) is 11.2. The van der Waals surface area contributed by atoms with Gasteiger partial charge in [0.15, 0.2) is 5.96 Å². The Morgan fingerprint density at radius 1 is 1.24 bits per heavy atom. The molecule has 1 spiro atoms. The Morgan fingerprint density at radius 3 is 2.52 bits per heavy atom. The van der Waals surface area contributed by atoms with Crippen LogP contribution in [0.3, 0.4) is 0 Å². The summed E-state index contributed by atoms with van der Waals surface area (Å²) in [5, 5.41) is 3.43. The van der Waals surface area contributed by atoms with Crippen LogP contribution in [0.15, 0.2) is 21.3 Å². The van der Waals surface area contributed by atoms with Gasteiger partial charge in [0.2, 0.25) is 0 Å². The fourth-order valence-corrected chi connectivity index (χ4v) is 7.18. The third-order valence-corrected chi connectivity index (χ3v) is 9.71. The van der Waals surface area contributed by atoms with Crippen molar-refractivity contribution in [1.82, 2.24) is 14.5 Å². The highest BCUT2D eigenvalue weighted by Gasteiger charge is 2.43. The maximum atomic E-state index is 12.6. The zero-order valence-corrected chi connectivity index (χ0v) is 21.8. The monoisotopic (exact) mass is 554 g/mol. The molecule has 1 saturated carbocycles. The Kier molecular flexibility index (Phi) is 9.24. The van der Waals surface area contributed by atoms with Gasteiger partial charge in [-0.15, -0.1) is 35.3 Å². The van der Waals surface area contributed by atoms with Crippen molar-refractivity contribution in [3.05, 3.63) is 17.0 Å². The van der Waals surface area contributed by atoms with E-state index in [9.17, 15) is 8.42 Å². The summed E-state index contributed by atoms with van der Waals surface area (Å²) in [6.45, 7) is 10.6. The van der Waals surface area contributed by atoms with Gasteiger partial charge in [0.1, 0.15) is 4.21 Å². The summed E-state index contributed by atoms with van der Waals surface area (Å²) < 4.78 is 27.2. The molecule has 1 N–H and O–H groups in total. The lowest BCUT2D eigenvalue weighted by molar-refractivity contribution is 0.151. The van der Waals surface area contributed by atoms with Crippen molar-refractivity contribution >= 4 is 51.3 Å². The zero-order chi connectivity index (χ0) is 20.2. The maximum Gasteiger partial charge on any atom is 0.252 e. The smallest absolute Gasteiger partial charge is 0.252 e. The molecule has 6 nitrogen and oxygen atoms in total. The quantitative estimate of drug-likeness (QED) is 0.302. The zero-order valence-electron chi connectivity index (χ0n) is 17.8. The first-order chi connectivity index (χ1) is 13.4. The van der Waals surface area contributed by atoms with E-state index in [1.807, 2.05) is 19.9 Å². The van der Waals surface area contributed by atoms with Crippen LogP contribution in [0.1, 0.15) is 51.3 Å². The molecule has 2 heterocycles. The molecule has 1 aromatic rings. The Bertz CT molecular complexity index is 786. The molecular weight excluding hydrogens is 519 g/mol. The third kappa shape index (κ3) is 5.65. The summed E-state index contributed by atoms with van der Waals surface area (Å²) in [6.07, 6.45) is 6.16. The minimum Gasteiger partial charge on any atom is -0.357 e. The molecule has 29 heavy (non-hydrogen) atoms. The first kappa shape index (κ1) is 24.9. The number of sulfonamides is 1. The van der Waals surface area contributed by atoms with Gasteiger partial charge in [-0.05, 0) is 43.7 Å². The number of nitrogens with zero attached hydrogens (tertiary/aromatic N) is 3. The van der Waals surface area contributed by atoms with Crippen LogP contribution in [0.25, 0.3) is 0 Å². The molecule has 0 bridgehead atoms. The first-order valence-electron chi connectivity index (χ1n) is 10.6. The van der Waals surface area contributed by atoms with Crippen molar-refractivity contribution < 1.29 is 8.42 Å². The molecule has 9 heteroatoms. The van der Waals surface area contributed by atoms with Gasteiger partial charge in [-0.25, -0.2) is 8.42 Å². The van der Waals surface area contributed by atoms with Crippen molar-refractivity contribution in [2.75, 3.05) is 39.3 Å². The van der Waals surface area contributed by atoms with Gasteiger partial charge >= 0.3 is 0 Å². The van der Waals surface area contributed by atoms with E-state index in [0.717, 1.165) is 36.9 Å². The van der Waals surface area contributed by atoms with Gasteiger partial charge in [-0.2, -0.15) is 4.31 Å². The normalized spacial score (nSPS) is 18.8. The summed E-state index contributed by atoms with van der Waals surface area (Å²) >= 11 is 1.38. The van der Waals surface area contributed by atoms with E-state index in [0.29, 0.717) is 29.3 Å². The highest BCUT2D eigenvalue weighted by Crippen LogP contribution is 2.47. The second-order valence-electron chi connectivity index (χ2n) is 7.82. The van der Waals surface area contributed by atoms with E-state index in [4.69, 9.17) is 4.99 Å². The largest absolute Gasteiger partial charge is 0.357 e. The average molecular weight is 555 g/mol. The number of hydrogen-bond acceptors (Lipinski definition) is 4. The Morgan fingerprint density at radius 2 is 1.97 bits per heavy atom. The third-order valence-electron chi connectivity index (χ3n) is 6.04. The summed E-state index contributed by atoms with van der Waals surface area (Å²) in [6, 6.07) is 3.67. The lowest BCUT2D eigenvalue weighted by Gasteiger charge is -2.38. The number of likely N-dealkylation sites (tertiary alicyclic amines) is 1. The number of halogens is 1. The Hall–Kier alpha value is -0.390. The molecule has 0 radical (unpaired) electrons. The predicted molar refractivity (Wildman–Crippen MR) is 132 cm³/mol. The van der Waals surface area contributed by atoms with E-state index in [2.05, 4.69) is 17.1 Å². The van der Waals surface area contributed by atoms with Crippen molar-refractivity contribution in [2.45, 2.75) is 57.1 Å². The Balaban J connectivity index is 0.00000300. The average Bonchev–Trinajstić information content (AvgIpc) is 3.29. The van der Waals surface area contributed by atoms with Crippen LogP contribution in [0.2, 0.25) is 0 Å². The highest BCUT2D eigenvalue weighted by molar-refractivity contribution is 14.0. The number of thiophene rings is 1. The molecule has 3 rings (SSSR count). The van der Waals surface area contributed by atoms with Crippen molar-refractivity contribution in [3.8, 4) is 0 Å². The minimum absolute atomic E-state index is 0. The first-order valence-corrected chi connectivity index (χ1v) is 12.8. The maximum absolute atomic E-state index is 12.6. The SMILES string of the molecule is CCNC(=NCCc1ccc(S(=O)(=O)N(CC)CC)s1)N1CCC2(CCC2)C1.I. The number of rotatable bonds is 8. The fraction of sp³-hybridized carbons (Fsp3) is 0.750. The standard InChI is InChI=1S/C20H34N4O2S2.HI/c1-4-21-19(23-15-13-20(16-23)11-7-12-20)22-14-10-17-8-9-18(27-17)28(25,26)24(5-2)6-3;/h8-9H,4-7,10-16H2,1-3H3,(H,21,22);1H. The van der Waals surface area contributed by atoms with Crippen LogP contribution in [0.5, 0.6) is 0 Å². The number of nitrogens with one attached hydrogen (secondary N) is 1. The van der Waals surface area contributed by atoms with Crippen molar-refractivity contribution in [2.24, 2.45) is 10.4 Å². The summed E-state index contributed by atoms with van der Waals surface area (Å²) in [5.74, 6) is 1.01. The van der Waals surface area contributed by atoms with E-state index < -0.39 is 10.0 Å². The molecule has 1 saturated heterocycles. The molecule has 1 aliphatic carbocycles. The molecule has 0 atom stereocenters. The molecule has 1 aromatic heterocycles. The van der Waals surface area contributed by atoms with E-state index in [1.165, 1.54) is 41.3 Å². The molecule has 0 amide bonds. The predicted octanol–water partition coefficient (Wildman–Crippen LogP) is 3.78. The van der Waals surface area contributed by atoms with E-state index >= 15 is 0 Å².